The number of pyridine rings is 2. The maximum Gasteiger partial charge on any atom is 0.331 e. The van der Waals surface area contributed by atoms with Crippen LogP contribution in [0.15, 0.2) is 48.3 Å². The van der Waals surface area contributed by atoms with Gasteiger partial charge in [0.15, 0.2) is 0 Å². The standard InChI is InChI=1S/C14H12N2O2/c1-10(14(17)18)9-11-5-4-8-16-13(11)12-6-2-3-7-15-12/h2-9H,1H3,(H,17,18). The molecule has 2 heterocycles. The molecule has 0 amide bonds. The van der Waals surface area contributed by atoms with E-state index in [1.54, 1.807) is 31.5 Å². The van der Waals surface area contributed by atoms with Gasteiger partial charge < -0.3 is 5.11 Å². The normalized spacial score (nSPS) is 11.3. The molecule has 0 aromatic carbocycles. The smallest absolute Gasteiger partial charge is 0.331 e. The molecular weight excluding hydrogens is 228 g/mol. The molecule has 0 unspecified atom stereocenters. The van der Waals surface area contributed by atoms with Gasteiger partial charge in [-0.25, -0.2) is 4.79 Å². The highest BCUT2D eigenvalue weighted by Crippen LogP contribution is 2.20. The third-order valence-corrected chi connectivity index (χ3v) is 2.46. The highest BCUT2D eigenvalue weighted by molar-refractivity contribution is 5.92. The highest BCUT2D eigenvalue weighted by atomic mass is 16.4. The molecule has 90 valence electrons. The predicted molar refractivity (Wildman–Crippen MR) is 68.8 cm³/mol. The van der Waals surface area contributed by atoms with E-state index in [4.69, 9.17) is 5.11 Å². The van der Waals surface area contributed by atoms with E-state index in [1.165, 1.54) is 0 Å². The number of aliphatic carboxylic acids is 1. The van der Waals surface area contributed by atoms with E-state index < -0.39 is 5.97 Å². The van der Waals surface area contributed by atoms with Gasteiger partial charge in [0.1, 0.15) is 0 Å². The quantitative estimate of drug-likeness (QED) is 0.838. The van der Waals surface area contributed by atoms with Gasteiger partial charge in [-0.3, -0.25) is 9.97 Å². The Hall–Kier alpha value is -2.49. The lowest BCUT2D eigenvalue weighted by Crippen LogP contribution is -1.97. The van der Waals surface area contributed by atoms with Crippen LogP contribution in [0, 0.1) is 0 Å². The minimum absolute atomic E-state index is 0.264. The maximum atomic E-state index is 10.8. The minimum atomic E-state index is -0.939. The lowest BCUT2D eigenvalue weighted by atomic mass is 10.1. The Labute approximate surface area is 105 Å². The van der Waals surface area contributed by atoms with Crippen LogP contribution in [0.3, 0.4) is 0 Å². The summed E-state index contributed by atoms with van der Waals surface area (Å²) in [5.74, 6) is -0.939. The Morgan fingerprint density at radius 1 is 1.17 bits per heavy atom. The van der Waals surface area contributed by atoms with E-state index in [0.717, 1.165) is 11.3 Å². The van der Waals surface area contributed by atoms with E-state index in [-0.39, 0.29) is 5.57 Å². The molecule has 0 fully saturated rings. The maximum absolute atomic E-state index is 10.8. The highest BCUT2D eigenvalue weighted by Gasteiger charge is 2.07. The molecule has 0 spiro atoms. The number of aromatic nitrogens is 2. The molecule has 2 aromatic rings. The van der Waals surface area contributed by atoms with Gasteiger partial charge >= 0.3 is 5.97 Å². The Balaban J connectivity index is 2.51. The minimum Gasteiger partial charge on any atom is -0.478 e. The van der Waals surface area contributed by atoms with Gasteiger partial charge in [-0.1, -0.05) is 12.1 Å². The second kappa shape index (κ2) is 5.23. The van der Waals surface area contributed by atoms with Crippen molar-refractivity contribution >= 4 is 12.0 Å². The summed E-state index contributed by atoms with van der Waals surface area (Å²) in [5, 5.41) is 8.90. The summed E-state index contributed by atoms with van der Waals surface area (Å²) in [6.45, 7) is 1.55. The summed E-state index contributed by atoms with van der Waals surface area (Å²) in [6.07, 6.45) is 4.94. The number of nitrogens with zero attached hydrogens (tertiary/aromatic N) is 2. The number of hydrogen-bond donors (Lipinski definition) is 1. The van der Waals surface area contributed by atoms with Gasteiger partial charge in [0.2, 0.25) is 0 Å². The Bertz CT molecular complexity index is 592. The first-order valence-electron chi connectivity index (χ1n) is 5.46. The van der Waals surface area contributed by atoms with Crippen molar-refractivity contribution < 1.29 is 9.90 Å². The van der Waals surface area contributed by atoms with Gasteiger partial charge in [0.25, 0.3) is 0 Å². The molecule has 0 radical (unpaired) electrons. The van der Waals surface area contributed by atoms with Crippen molar-refractivity contribution in [3.8, 4) is 11.4 Å². The molecule has 0 aliphatic rings. The van der Waals surface area contributed by atoms with E-state index in [2.05, 4.69) is 9.97 Å². The van der Waals surface area contributed by atoms with Gasteiger partial charge in [-0.05, 0) is 31.2 Å². The number of carboxylic acids is 1. The zero-order valence-corrected chi connectivity index (χ0v) is 9.87. The van der Waals surface area contributed by atoms with Crippen LogP contribution >= 0.6 is 0 Å². The fraction of sp³-hybridized carbons (Fsp3) is 0.0714. The molecule has 0 atom stereocenters. The second-order valence-corrected chi connectivity index (χ2v) is 3.79. The largest absolute Gasteiger partial charge is 0.478 e. The van der Waals surface area contributed by atoms with Crippen LogP contribution in [0.4, 0.5) is 0 Å². The van der Waals surface area contributed by atoms with Crippen LogP contribution in [-0.4, -0.2) is 21.0 Å². The summed E-state index contributed by atoms with van der Waals surface area (Å²) >= 11 is 0. The average Bonchev–Trinajstić information content (AvgIpc) is 2.40. The number of carbonyl (C=O) groups is 1. The summed E-state index contributed by atoms with van der Waals surface area (Å²) in [5.41, 5.74) is 2.41. The van der Waals surface area contributed by atoms with Crippen LogP contribution in [0.25, 0.3) is 17.5 Å². The zero-order valence-electron chi connectivity index (χ0n) is 9.87. The van der Waals surface area contributed by atoms with Gasteiger partial charge in [-0.15, -0.1) is 0 Å². The molecule has 0 saturated heterocycles. The van der Waals surface area contributed by atoms with E-state index in [9.17, 15) is 4.79 Å². The van der Waals surface area contributed by atoms with Crippen molar-refractivity contribution in [1.29, 1.82) is 0 Å². The molecule has 4 heteroatoms. The van der Waals surface area contributed by atoms with Crippen molar-refractivity contribution in [3.05, 3.63) is 53.9 Å². The first kappa shape index (κ1) is 12.0. The molecule has 0 aliphatic carbocycles. The zero-order chi connectivity index (χ0) is 13.0. The summed E-state index contributed by atoms with van der Waals surface area (Å²) < 4.78 is 0. The van der Waals surface area contributed by atoms with Crippen LogP contribution in [0.2, 0.25) is 0 Å². The number of rotatable bonds is 3. The van der Waals surface area contributed by atoms with Crippen molar-refractivity contribution in [2.45, 2.75) is 6.92 Å². The molecule has 2 aromatic heterocycles. The lowest BCUT2D eigenvalue weighted by Gasteiger charge is -2.04. The molecule has 0 aliphatic heterocycles. The molecule has 1 N–H and O–H groups in total. The van der Waals surface area contributed by atoms with E-state index >= 15 is 0 Å². The monoisotopic (exact) mass is 240 g/mol. The fourth-order valence-electron chi connectivity index (χ4n) is 1.55. The van der Waals surface area contributed by atoms with Crippen molar-refractivity contribution in [2.24, 2.45) is 0 Å². The fourth-order valence-corrected chi connectivity index (χ4v) is 1.55. The summed E-state index contributed by atoms with van der Waals surface area (Å²) in [6, 6.07) is 9.13. The third kappa shape index (κ3) is 2.60. The summed E-state index contributed by atoms with van der Waals surface area (Å²) in [4.78, 5) is 19.3. The Morgan fingerprint density at radius 3 is 2.61 bits per heavy atom. The summed E-state index contributed by atoms with van der Waals surface area (Å²) in [7, 11) is 0. The molecule has 4 nitrogen and oxygen atoms in total. The van der Waals surface area contributed by atoms with Crippen molar-refractivity contribution in [2.75, 3.05) is 0 Å². The molecular formula is C14H12N2O2. The van der Waals surface area contributed by atoms with E-state index in [1.807, 2.05) is 24.3 Å². The van der Waals surface area contributed by atoms with Crippen molar-refractivity contribution in [1.82, 2.24) is 9.97 Å². The Kier molecular flexibility index (Phi) is 3.48. The first-order valence-corrected chi connectivity index (χ1v) is 5.46. The molecule has 0 saturated carbocycles. The van der Waals surface area contributed by atoms with Crippen LogP contribution in [-0.2, 0) is 4.79 Å². The topological polar surface area (TPSA) is 63.1 Å². The predicted octanol–water partition coefficient (Wildman–Crippen LogP) is 2.63. The Morgan fingerprint density at radius 2 is 1.94 bits per heavy atom. The van der Waals surface area contributed by atoms with Gasteiger partial charge in [-0.2, -0.15) is 0 Å². The van der Waals surface area contributed by atoms with Crippen LogP contribution < -0.4 is 0 Å². The molecule has 0 bridgehead atoms. The third-order valence-electron chi connectivity index (χ3n) is 2.46. The number of carboxylic acid groups (broad SMARTS) is 1. The second-order valence-electron chi connectivity index (χ2n) is 3.79. The lowest BCUT2D eigenvalue weighted by molar-refractivity contribution is -0.132. The molecule has 2 rings (SSSR count). The SMILES string of the molecule is CC(=Cc1cccnc1-c1ccccn1)C(=O)O. The average molecular weight is 240 g/mol. The first-order chi connectivity index (χ1) is 8.68. The number of hydrogen-bond acceptors (Lipinski definition) is 3. The van der Waals surface area contributed by atoms with E-state index in [0.29, 0.717) is 5.69 Å². The van der Waals surface area contributed by atoms with Gasteiger partial charge in [0.05, 0.1) is 11.4 Å². The van der Waals surface area contributed by atoms with Crippen molar-refractivity contribution in [3.63, 3.8) is 0 Å². The van der Waals surface area contributed by atoms with Crippen LogP contribution in [0.1, 0.15) is 12.5 Å². The van der Waals surface area contributed by atoms with Crippen LogP contribution in [0.5, 0.6) is 0 Å². The van der Waals surface area contributed by atoms with Gasteiger partial charge in [0, 0.05) is 23.5 Å². The molecule has 18 heavy (non-hydrogen) atoms.